The summed E-state index contributed by atoms with van der Waals surface area (Å²) in [7, 11) is 0. The summed E-state index contributed by atoms with van der Waals surface area (Å²) in [5.74, 6) is -20.4. The van der Waals surface area contributed by atoms with Gasteiger partial charge in [0.05, 0.1) is 28.3 Å². The fourth-order valence-electron chi connectivity index (χ4n) is 7.55. The van der Waals surface area contributed by atoms with Crippen molar-refractivity contribution in [3.05, 3.63) is 168 Å². The van der Waals surface area contributed by atoms with Gasteiger partial charge in [0.2, 0.25) is 0 Å². The topological polar surface area (TPSA) is 54.0 Å². The van der Waals surface area contributed by atoms with Gasteiger partial charge in [-0.2, -0.15) is 39.5 Å². The zero-order valence-electron chi connectivity index (χ0n) is 32.0. The molecule has 62 heavy (non-hydrogen) atoms. The maximum Gasteiger partial charge on any atom is 2.00 e. The monoisotopic (exact) mass is 894 g/mol. The molecule has 0 fully saturated rings. The molecule has 0 radical (unpaired) electrons. The first-order valence-corrected chi connectivity index (χ1v) is 18.7. The number of fused-ring (bicyclic) bond motifs is 8. The number of aromatic nitrogens is 4. The maximum absolute atomic E-state index is 16.6. The van der Waals surface area contributed by atoms with Crippen LogP contribution in [0.25, 0.3) is 90.4 Å². The van der Waals surface area contributed by atoms with E-state index < -0.39 is 40.9 Å². The SMILES string of the molecule is FC(F)(F)C(F)(F)C(F)(F)C(F)(F)C1=Cc2nc1c(-c1ccccc1)c1ccc([n-]1)c(-c1ccccc1)c1nc(c(-c3ccccc3)c3ccc([n-]3)c2-c2ccccc2)C=C1.[Zn+2]. The predicted molar refractivity (Wildman–Crippen MR) is 218 cm³/mol. The van der Waals surface area contributed by atoms with Crippen LogP contribution in [0.1, 0.15) is 22.8 Å². The number of halogens is 9. The molecule has 0 N–H and O–H groups in total. The van der Waals surface area contributed by atoms with Crippen molar-refractivity contribution in [1.29, 1.82) is 0 Å². The molecule has 2 aliphatic rings. The van der Waals surface area contributed by atoms with Gasteiger partial charge in [0.1, 0.15) is 0 Å². The molecule has 0 atom stereocenters. The number of allylic oxidation sites excluding steroid dienone is 1. The Morgan fingerprint density at radius 2 is 0.710 bits per heavy atom. The summed E-state index contributed by atoms with van der Waals surface area (Å²) >= 11 is 0. The Bertz CT molecular complexity index is 3030. The van der Waals surface area contributed by atoms with Crippen molar-refractivity contribution in [1.82, 2.24) is 19.9 Å². The van der Waals surface area contributed by atoms with Crippen LogP contribution in [0.3, 0.4) is 0 Å². The van der Waals surface area contributed by atoms with Crippen molar-refractivity contribution in [2.45, 2.75) is 23.9 Å². The Kier molecular flexibility index (Phi) is 10.7. The summed E-state index contributed by atoms with van der Waals surface area (Å²) in [6.07, 6.45) is -3.00. The van der Waals surface area contributed by atoms with Gasteiger partial charge in [-0.3, -0.25) is 0 Å². The minimum absolute atomic E-state index is 0. The molecule has 7 aromatic rings. The van der Waals surface area contributed by atoms with Crippen LogP contribution >= 0.6 is 0 Å². The normalized spacial score (nSPS) is 13.1. The molecule has 0 saturated carbocycles. The summed E-state index contributed by atoms with van der Waals surface area (Å²) in [5.41, 5.74) is 0.691. The third-order valence-corrected chi connectivity index (χ3v) is 10.5. The first kappa shape index (κ1) is 42.2. The standard InChI is InChI=1S/C48H27F9N4.Zn/c49-45(50,46(51,52)47(53,54)48(55,56)57)32-27-39-42(30-17-9-3-10-18-30)37-24-23-35(59-37)40(28-13-5-1-6-14-28)33-21-22-34(58-33)41(29-15-7-2-8-16-29)36-25-26-38(60-36)43(44(32)61-39)31-19-11-4-12-20-31;/h1-27H;/q-2;+2. The van der Waals surface area contributed by atoms with Crippen LogP contribution in [0.15, 0.2) is 146 Å². The zero-order chi connectivity index (χ0) is 42.7. The van der Waals surface area contributed by atoms with Gasteiger partial charge >= 0.3 is 43.4 Å². The van der Waals surface area contributed by atoms with Crippen LogP contribution in [-0.2, 0) is 19.5 Å². The van der Waals surface area contributed by atoms with E-state index in [9.17, 15) is 22.0 Å². The number of nitrogens with zero attached hydrogens (tertiary/aromatic N) is 4. The van der Waals surface area contributed by atoms with Crippen LogP contribution in [0, 0.1) is 0 Å². The van der Waals surface area contributed by atoms with Gasteiger partial charge in [-0.1, -0.05) is 146 Å². The Morgan fingerprint density at radius 3 is 1.08 bits per heavy atom. The van der Waals surface area contributed by atoms with Gasteiger partial charge in [0, 0.05) is 0 Å². The first-order chi connectivity index (χ1) is 29.2. The average molecular weight is 896 g/mol. The van der Waals surface area contributed by atoms with Crippen LogP contribution < -0.4 is 9.97 Å². The largest absolute Gasteiger partial charge is 2.00 e. The molecule has 0 saturated heterocycles. The Morgan fingerprint density at radius 1 is 0.371 bits per heavy atom. The molecule has 0 aliphatic carbocycles. The third-order valence-electron chi connectivity index (χ3n) is 10.5. The summed E-state index contributed by atoms with van der Waals surface area (Å²) in [6.45, 7) is 0. The van der Waals surface area contributed by atoms with Crippen molar-refractivity contribution >= 4 is 45.9 Å². The fourth-order valence-corrected chi connectivity index (χ4v) is 7.55. The van der Waals surface area contributed by atoms with Crippen molar-refractivity contribution in [2.24, 2.45) is 0 Å². The zero-order valence-corrected chi connectivity index (χ0v) is 35.0. The number of hydrogen-bond acceptors (Lipinski definition) is 2. The molecule has 9 rings (SSSR count). The van der Waals surface area contributed by atoms with E-state index in [1.165, 1.54) is 30.3 Å². The van der Waals surface area contributed by atoms with Crippen LogP contribution in [0.5, 0.6) is 0 Å². The molecule has 14 heteroatoms. The van der Waals surface area contributed by atoms with E-state index in [0.29, 0.717) is 50.8 Å². The van der Waals surface area contributed by atoms with E-state index in [0.717, 1.165) is 0 Å². The van der Waals surface area contributed by atoms with E-state index in [-0.39, 0.29) is 52.7 Å². The second kappa shape index (κ2) is 15.7. The number of alkyl halides is 9. The van der Waals surface area contributed by atoms with Gasteiger partial charge in [-0.15, -0.1) is 22.1 Å². The van der Waals surface area contributed by atoms with Crippen molar-refractivity contribution in [2.75, 3.05) is 0 Å². The van der Waals surface area contributed by atoms with Crippen LogP contribution in [0.2, 0.25) is 0 Å². The van der Waals surface area contributed by atoms with Crippen molar-refractivity contribution < 1.29 is 59.0 Å². The second-order valence-electron chi connectivity index (χ2n) is 14.2. The van der Waals surface area contributed by atoms with E-state index in [2.05, 4.69) is 4.98 Å². The quantitative estimate of drug-likeness (QED) is 0.118. The second-order valence-corrected chi connectivity index (χ2v) is 14.2. The molecule has 0 spiro atoms. The van der Waals surface area contributed by atoms with Gasteiger partial charge < -0.3 is 9.97 Å². The maximum atomic E-state index is 16.6. The van der Waals surface area contributed by atoms with E-state index in [4.69, 9.17) is 15.0 Å². The van der Waals surface area contributed by atoms with E-state index in [1.54, 1.807) is 91.0 Å². The Balaban J connectivity index is 0.00000529. The minimum Gasteiger partial charge on any atom is -0.657 e. The molecule has 3 aromatic heterocycles. The Labute approximate surface area is 360 Å². The molecule has 0 amide bonds. The smallest absolute Gasteiger partial charge is 0.657 e. The van der Waals surface area contributed by atoms with Crippen molar-refractivity contribution in [3.8, 4) is 44.5 Å². The predicted octanol–water partition coefficient (Wildman–Crippen LogP) is 13.4. The van der Waals surface area contributed by atoms with Crippen LogP contribution in [-0.4, -0.2) is 33.9 Å². The molecule has 8 bridgehead atoms. The average Bonchev–Trinajstić information content (AvgIpc) is 4.09. The Hall–Kier alpha value is -6.53. The fraction of sp³-hybridized carbons (Fsp3) is 0.0833. The summed E-state index contributed by atoms with van der Waals surface area (Å²) in [5, 5.41) is 0. The van der Waals surface area contributed by atoms with Gasteiger partial charge in [0.25, 0.3) is 0 Å². The summed E-state index contributed by atoms with van der Waals surface area (Å²) in [6, 6.07) is 39.8. The molecular formula is C48H27F9N4Zn. The number of rotatable bonds is 7. The minimum atomic E-state index is -7.17. The van der Waals surface area contributed by atoms with Crippen molar-refractivity contribution in [3.63, 3.8) is 0 Å². The molecule has 304 valence electrons. The van der Waals surface area contributed by atoms with Crippen LogP contribution in [0.4, 0.5) is 39.5 Å². The van der Waals surface area contributed by atoms with E-state index >= 15 is 17.6 Å². The molecule has 4 aromatic carbocycles. The molecule has 4 nitrogen and oxygen atoms in total. The van der Waals surface area contributed by atoms with Gasteiger partial charge in [0.15, 0.2) is 0 Å². The summed E-state index contributed by atoms with van der Waals surface area (Å²) < 4.78 is 135. The number of hydrogen-bond donors (Lipinski definition) is 0. The van der Waals surface area contributed by atoms with E-state index in [1.807, 2.05) is 36.4 Å². The summed E-state index contributed by atoms with van der Waals surface area (Å²) in [4.78, 5) is 19.3. The molecule has 2 aliphatic heterocycles. The molecule has 5 heterocycles. The third kappa shape index (κ3) is 6.96. The number of benzene rings is 4. The first-order valence-electron chi connectivity index (χ1n) is 18.7. The van der Waals surface area contributed by atoms with Gasteiger partial charge in [-0.25, -0.2) is 9.97 Å². The van der Waals surface area contributed by atoms with Gasteiger partial charge in [-0.05, 0) is 62.7 Å². The molecule has 0 unspecified atom stereocenters. The molecular weight excluding hydrogens is 869 g/mol.